The highest BCUT2D eigenvalue weighted by molar-refractivity contribution is 6.63. The Morgan fingerprint density at radius 1 is 1.05 bits per heavy atom. The van der Waals surface area contributed by atoms with Gasteiger partial charge in [-0.15, -0.1) is 0 Å². The van der Waals surface area contributed by atoms with E-state index in [1.807, 2.05) is 68.9 Å². The van der Waals surface area contributed by atoms with Crippen LogP contribution in [0.1, 0.15) is 27.7 Å². The third kappa shape index (κ3) is 2.42. The smallest absolute Gasteiger partial charge is 0.481 e. The van der Waals surface area contributed by atoms with Crippen LogP contribution in [0.5, 0.6) is 5.88 Å². The van der Waals surface area contributed by atoms with E-state index in [2.05, 4.69) is 4.98 Å². The summed E-state index contributed by atoms with van der Waals surface area (Å²) in [5, 5.41) is 0. The van der Waals surface area contributed by atoms with Crippen molar-refractivity contribution < 1.29 is 14.0 Å². The van der Waals surface area contributed by atoms with Crippen LogP contribution in [-0.2, 0) is 9.31 Å². The highest BCUT2D eigenvalue weighted by atomic mass is 16.7. The first kappa shape index (κ1) is 15.1. The highest BCUT2D eigenvalue weighted by Crippen LogP contribution is 2.37. The number of aromatic nitrogens is 2. The highest BCUT2D eigenvalue weighted by Gasteiger charge is 2.52. The summed E-state index contributed by atoms with van der Waals surface area (Å²) in [6.45, 7) is 8.12. The van der Waals surface area contributed by atoms with Crippen LogP contribution in [0.4, 0.5) is 0 Å². The van der Waals surface area contributed by atoms with Gasteiger partial charge in [0.2, 0.25) is 5.88 Å². The van der Waals surface area contributed by atoms with Crippen LogP contribution >= 0.6 is 0 Å². The Morgan fingerprint density at radius 3 is 2.18 bits per heavy atom. The average Bonchev–Trinajstić information content (AvgIpc) is 3.05. The van der Waals surface area contributed by atoms with E-state index in [0.717, 1.165) is 11.3 Å². The largest absolute Gasteiger partial charge is 0.500 e. The summed E-state index contributed by atoms with van der Waals surface area (Å²) in [5.41, 5.74) is 0.0286. The zero-order valence-corrected chi connectivity index (χ0v) is 13.7. The Morgan fingerprint density at radius 2 is 1.64 bits per heavy atom. The molecule has 0 amide bonds. The molecule has 0 aromatic carbocycles. The van der Waals surface area contributed by atoms with Crippen LogP contribution in [0.25, 0.3) is 5.82 Å². The van der Waals surface area contributed by atoms with E-state index in [0.29, 0.717) is 5.88 Å². The van der Waals surface area contributed by atoms with Crippen molar-refractivity contribution in [2.45, 2.75) is 38.9 Å². The molecular formula is C16H21BN2O3. The summed E-state index contributed by atoms with van der Waals surface area (Å²) in [7, 11) is 1.13. The zero-order chi connectivity index (χ0) is 16.0. The maximum Gasteiger partial charge on any atom is 0.500 e. The van der Waals surface area contributed by atoms with Crippen LogP contribution in [-0.4, -0.2) is 35.0 Å². The van der Waals surface area contributed by atoms with E-state index in [9.17, 15) is 0 Å². The van der Waals surface area contributed by atoms with Crippen LogP contribution in [0, 0.1) is 0 Å². The summed E-state index contributed by atoms with van der Waals surface area (Å²) < 4.78 is 19.5. The molecule has 2 aromatic rings. The molecule has 3 rings (SSSR count). The molecule has 2 aromatic heterocycles. The van der Waals surface area contributed by atoms with E-state index in [-0.39, 0.29) is 11.2 Å². The molecule has 1 fully saturated rings. The quantitative estimate of drug-likeness (QED) is 0.815. The van der Waals surface area contributed by atoms with Crippen molar-refractivity contribution in [3.8, 4) is 11.7 Å². The van der Waals surface area contributed by atoms with Gasteiger partial charge in [-0.25, -0.2) is 0 Å². The number of nitrogens with zero attached hydrogens (tertiary/aromatic N) is 2. The van der Waals surface area contributed by atoms with Crippen LogP contribution in [0.2, 0.25) is 0 Å². The topological polar surface area (TPSA) is 45.5 Å². The van der Waals surface area contributed by atoms with Gasteiger partial charge in [-0.05, 0) is 45.9 Å². The van der Waals surface area contributed by atoms with Crippen molar-refractivity contribution in [3.05, 3.63) is 36.7 Å². The minimum Gasteiger partial charge on any atom is -0.481 e. The van der Waals surface area contributed by atoms with E-state index >= 15 is 0 Å². The predicted octanol–water partition coefficient (Wildman–Crippen LogP) is 2.18. The molecule has 5 nitrogen and oxygen atoms in total. The second-order valence-electron chi connectivity index (χ2n) is 6.45. The molecule has 6 heteroatoms. The molecular weight excluding hydrogens is 279 g/mol. The van der Waals surface area contributed by atoms with Gasteiger partial charge in [-0.1, -0.05) is 6.07 Å². The Kier molecular flexibility index (Phi) is 3.53. The van der Waals surface area contributed by atoms with E-state index < -0.39 is 7.12 Å². The van der Waals surface area contributed by atoms with Crippen LogP contribution in [0.15, 0.2) is 36.7 Å². The van der Waals surface area contributed by atoms with Crippen molar-refractivity contribution >= 4 is 12.6 Å². The maximum absolute atomic E-state index is 6.07. The normalized spacial score (nSPS) is 19.4. The molecule has 0 radical (unpaired) electrons. The van der Waals surface area contributed by atoms with Gasteiger partial charge in [0.25, 0.3) is 0 Å². The van der Waals surface area contributed by atoms with Crippen molar-refractivity contribution in [1.82, 2.24) is 9.55 Å². The van der Waals surface area contributed by atoms with Crippen LogP contribution < -0.4 is 10.2 Å². The van der Waals surface area contributed by atoms with Gasteiger partial charge in [0.1, 0.15) is 5.82 Å². The van der Waals surface area contributed by atoms with Gasteiger partial charge in [0.05, 0.1) is 18.3 Å². The predicted molar refractivity (Wildman–Crippen MR) is 85.8 cm³/mol. The minimum absolute atomic E-state index is 0.387. The molecule has 22 heavy (non-hydrogen) atoms. The fourth-order valence-corrected chi connectivity index (χ4v) is 2.39. The summed E-state index contributed by atoms with van der Waals surface area (Å²) in [4.78, 5) is 4.55. The lowest BCUT2D eigenvalue weighted by Crippen LogP contribution is -2.41. The Bertz CT molecular complexity index is 652. The lowest BCUT2D eigenvalue weighted by atomic mass is 9.79. The number of methoxy groups -OCH3 is 1. The molecule has 1 aliphatic rings. The monoisotopic (exact) mass is 300 g/mol. The first-order chi connectivity index (χ1) is 10.3. The van der Waals surface area contributed by atoms with Crippen LogP contribution in [0.3, 0.4) is 0 Å². The molecule has 0 spiro atoms. The SMILES string of the molecule is COc1nc(-n2cccc2)ccc1B1OC(C)(C)C(C)(C)O1. The van der Waals surface area contributed by atoms with Crippen molar-refractivity contribution in [1.29, 1.82) is 0 Å². The molecule has 1 saturated heterocycles. The van der Waals surface area contributed by atoms with E-state index in [1.54, 1.807) is 7.11 Å². The molecule has 0 aliphatic carbocycles. The van der Waals surface area contributed by atoms with Gasteiger partial charge < -0.3 is 18.6 Å². The number of pyridine rings is 1. The maximum atomic E-state index is 6.07. The summed E-state index contributed by atoms with van der Waals surface area (Å²) in [6, 6.07) is 7.79. The minimum atomic E-state index is -0.480. The second-order valence-corrected chi connectivity index (χ2v) is 6.45. The Balaban J connectivity index is 1.95. The fourth-order valence-electron chi connectivity index (χ4n) is 2.39. The first-order valence-electron chi connectivity index (χ1n) is 7.38. The Hall–Kier alpha value is -1.79. The summed E-state index contributed by atoms with van der Waals surface area (Å²) in [6.07, 6.45) is 3.88. The standard InChI is InChI=1S/C16H21BN2O3/c1-15(2)16(3,4)22-17(21-15)12-8-9-13(18-14(12)20-5)19-10-6-7-11-19/h6-11H,1-5H3. The van der Waals surface area contributed by atoms with Gasteiger partial charge >= 0.3 is 7.12 Å². The van der Waals surface area contributed by atoms with Crippen molar-refractivity contribution in [2.75, 3.05) is 7.11 Å². The molecule has 116 valence electrons. The number of ether oxygens (including phenoxy) is 1. The lowest BCUT2D eigenvalue weighted by molar-refractivity contribution is 0.00578. The molecule has 0 saturated carbocycles. The van der Waals surface area contributed by atoms with E-state index in [4.69, 9.17) is 14.0 Å². The summed E-state index contributed by atoms with van der Waals surface area (Å²) >= 11 is 0. The Labute approximate surface area is 131 Å². The van der Waals surface area contributed by atoms with Crippen molar-refractivity contribution in [3.63, 3.8) is 0 Å². The number of rotatable bonds is 3. The van der Waals surface area contributed by atoms with E-state index in [1.165, 1.54) is 0 Å². The lowest BCUT2D eigenvalue weighted by Gasteiger charge is -2.32. The van der Waals surface area contributed by atoms with Gasteiger partial charge in [-0.2, -0.15) is 4.98 Å². The molecule has 3 heterocycles. The molecule has 0 bridgehead atoms. The van der Waals surface area contributed by atoms with Gasteiger partial charge in [-0.3, -0.25) is 0 Å². The molecule has 1 aliphatic heterocycles. The molecule has 0 N–H and O–H groups in total. The number of hydrogen-bond donors (Lipinski definition) is 0. The third-order valence-corrected chi connectivity index (χ3v) is 4.44. The third-order valence-electron chi connectivity index (χ3n) is 4.44. The average molecular weight is 300 g/mol. The fraction of sp³-hybridized carbons (Fsp3) is 0.438. The zero-order valence-electron chi connectivity index (χ0n) is 13.7. The molecule has 0 atom stereocenters. The second kappa shape index (κ2) is 5.14. The number of hydrogen-bond acceptors (Lipinski definition) is 4. The first-order valence-corrected chi connectivity index (χ1v) is 7.38. The van der Waals surface area contributed by atoms with Gasteiger partial charge in [0, 0.05) is 17.9 Å². The van der Waals surface area contributed by atoms with Gasteiger partial charge in [0.15, 0.2) is 0 Å². The van der Waals surface area contributed by atoms with Crippen molar-refractivity contribution in [2.24, 2.45) is 0 Å². The summed E-state index contributed by atoms with van der Waals surface area (Å²) in [5.74, 6) is 1.31. The molecule has 0 unspecified atom stereocenters.